The number of hydrogen-bond acceptors (Lipinski definition) is 4. The number of rotatable bonds is 3. The minimum absolute atomic E-state index is 0.234. The van der Waals surface area contributed by atoms with E-state index in [1.807, 2.05) is 4.57 Å². The average molecular weight is 247 g/mol. The first-order valence-corrected chi connectivity index (χ1v) is 5.79. The van der Waals surface area contributed by atoms with Crippen molar-refractivity contribution in [2.24, 2.45) is 0 Å². The number of hydroxylamine groups is 1. The third kappa shape index (κ3) is 1.85. The topological polar surface area (TPSA) is 76.4 Å². The highest BCUT2D eigenvalue weighted by atomic mass is 16.5. The van der Waals surface area contributed by atoms with Gasteiger partial charge in [0.25, 0.3) is 5.91 Å². The van der Waals surface area contributed by atoms with Crippen molar-refractivity contribution in [3.63, 3.8) is 0 Å². The molecule has 0 bridgehead atoms. The van der Waals surface area contributed by atoms with Crippen LogP contribution in [0.3, 0.4) is 0 Å². The van der Waals surface area contributed by atoms with Crippen LogP contribution in [0.4, 0.5) is 0 Å². The van der Waals surface area contributed by atoms with Crippen molar-refractivity contribution < 1.29 is 14.7 Å². The number of nitrogens with zero attached hydrogens (tertiary/aromatic N) is 2. The SMILES string of the molecule is O=C(NO)c1ccc2ncn(C[C@@H]3CCO3)c2c1. The van der Waals surface area contributed by atoms with E-state index in [1.54, 1.807) is 30.0 Å². The molecular weight excluding hydrogens is 234 g/mol. The number of amides is 1. The summed E-state index contributed by atoms with van der Waals surface area (Å²) in [6.07, 6.45) is 3.03. The van der Waals surface area contributed by atoms with Crippen LogP contribution >= 0.6 is 0 Å². The van der Waals surface area contributed by atoms with Crippen molar-refractivity contribution in [1.29, 1.82) is 0 Å². The van der Waals surface area contributed by atoms with Gasteiger partial charge in [-0.2, -0.15) is 0 Å². The van der Waals surface area contributed by atoms with Gasteiger partial charge < -0.3 is 9.30 Å². The molecule has 6 heteroatoms. The van der Waals surface area contributed by atoms with Gasteiger partial charge in [-0.3, -0.25) is 10.0 Å². The summed E-state index contributed by atoms with van der Waals surface area (Å²) in [6, 6.07) is 5.11. The van der Waals surface area contributed by atoms with Gasteiger partial charge in [0.15, 0.2) is 0 Å². The normalized spacial score (nSPS) is 18.6. The Kier molecular flexibility index (Phi) is 2.73. The summed E-state index contributed by atoms with van der Waals surface area (Å²) < 4.78 is 7.35. The van der Waals surface area contributed by atoms with Crippen molar-refractivity contribution in [3.05, 3.63) is 30.1 Å². The molecular formula is C12H13N3O3. The smallest absolute Gasteiger partial charge is 0.274 e. The number of aromatic nitrogens is 2. The van der Waals surface area contributed by atoms with Crippen LogP contribution in [0.1, 0.15) is 16.8 Å². The lowest BCUT2D eigenvalue weighted by Crippen LogP contribution is -2.31. The average Bonchev–Trinajstić information content (AvgIpc) is 2.75. The highest BCUT2D eigenvalue weighted by Crippen LogP contribution is 2.19. The summed E-state index contributed by atoms with van der Waals surface area (Å²) in [7, 11) is 0. The predicted octanol–water partition coefficient (Wildman–Crippen LogP) is 0.944. The predicted molar refractivity (Wildman–Crippen MR) is 63.3 cm³/mol. The number of carbonyl (C=O) groups excluding carboxylic acids is 1. The van der Waals surface area contributed by atoms with E-state index >= 15 is 0 Å². The standard InChI is InChI=1S/C12H13N3O3/c16-12(14-17)8-1-2-10-11(5-8)15(7-13-10)6-9-3-4-18-9/h1-2,5,7,9,17H,3-4,6H2,(H,14,16)/t9-/m0/s1. The van der Waals surface area contributed by atoms with Crippen LogP contribution in [0.15, 0.2) is 24.5 Å². The van der Waals surface area contributed by atoms with Gasteiger partial charge in [-0.15, -0.1) is 0 Å². The van der Waals surface area contributed by atoms with Crippen LogP contribution in [0.2, 0.25) is 0 Å². The number of ether oxygens (including phenoxy) is 1. The molecule has 0 aliphatic carbocycles. The molecule has 0 radical (unpaired) electrons. The Labute approximate surface area is 103 Å². The molecule has 1 fully saturated rings. The Morgan fingerprint density at radius 1 is 1.61 bits per heavy atom. The van der Waals surface area contributed by atoms with Crippen molar-refractivity contribution in [2.45, 2.75) is 19.1 Å². The third-order valence-corrected chi connectivity index (χ3v) is 3.18. The summed E-state index contributed by atoms with van der Waals surface area (Å²) in [5, 5.41) is 8.63. The number of benzene rings is 1. The number of hydrogen-bond donors (Lipinski definition) is 2. The van der Waals surface area contributed by atoms with E-state index in [2.05, 4.69) is 4.98 Å². The van der Waals surface area contributed by atoms with E-state index < -0.39 is 5.91 Å². The van der Waals surface area contributed by atoms with Gasteiger partial charge in [0.05, 0.1) is 30.0 Å². The van der Waals surface area contributed by atoms with Crippen LogP contribution in [-0.2, 0) is 11.3 Å². The molecule has 2 heterocycles. The van der Waals surface area contributed by atoms with Gasteiger partial charge in [-0.1, -0.05) is 0 Å². The minimum Gasteiger partial charge on any atom is -0.376 e. The third-order valence-electron chi connectivity index (χ3n) is 3.18. The highest BCUT2D eigenvalue weighted by molar-refractivity contribution is 5.96. The summed E-state index contributed by atoms with van der Waals surface area (Å²) >= 11 is 0. The van der Waals surface area contributed by atoms with Crippen LogP contribution in [-0.4, -0.2) is 33.4 Å². The molecule has 1 atom stereocenters. The lowest BCUT2D eigenvalue weighted by atomic mass is 10.1. The Bertz CT molecular complexity index is 589. The maximum atomic E-state index is 11.4. The molecule has 1 aliphatic heterocycles. The van der Waals surface area contributed by atoms with Crippen molar-refractivity contribution in [2.75, 3.05) is 6.61 Å². The van der Waals surface area contributed by atoms with Gasteiger partial charge in [-0.05, 0) is 24.6 Å². The number of fused-ring (bicyclic) bond motifs is 1. The van der Waals surface area contributed by atoms with E-state index in [4.69, 9.17) is 9.94 Å². The molecule has 0 saturated carbocycles. The van der Waals surface area contributed by atoms with E-state index in [0.29, 0.717) is 5.56 Å². The fourth-order valence-corrected chi connectivity index (χ4v) is 2.06. The van der Waals surface area contributed by atoms with Gasteiger partial charge in [0, 0.05) is 12.2 Å². The second-order valence-corrected chi connectivity index (χ2v) is 4.32. The van der Waals surface area contributed by atoms with Gasteiger partial charge in [0.2, 0.25) is 0 Å². The zero-order valence-electron chi connectivity index (χ0n) is 9.67. The zero-order valence-corrected chi connectivity index (χ0v) is 9.67. The van der Waals surface area contributed by atoms with Crippen LogP contribution in [0.25, 0.3) is 11.0 Å². The Balaban J connectivity index is 1.96. The molecule has 3 rings (SSSR count). The van der Waals surface area contributed by atoms with Crippen molar-refractivity contribution in [1.82, 2.24) is 15.0 Å². The fourth-order valence-electron chi connectivity index (χ4n) is 2.06. The largest absolute Gasteiger partial charge is 0.376 e. The van der Waals surface area contributed by atoms with E-state index in [1.165, 1.54) is 0 Å². The molecule has 0 unspecified atom stereocenters. The molecule has 0 spiro atoms. The van der Waals surface area contributed by atoms with Crippen LogP contribution in [0, 0.1) is 0 Å². The Morgan fingerprint density at radius 2 is 2.44 bits per heavy atom. The monoisotopic (exact) mass is 247 g/mol. The second-order valence-electron chi connectivity index (χ2n) is 4.32. The van der Waals surface area contributed by atoms with Gasteiger partial charge in [-0.25, -0.2) is 10.5 Å². The molecule has 94 valence electrons. The molecule has 1 aromatic carbocycles. The fraction of sp³-hybridized carbons (Fsp3) is 0.333. The molecule has 1 amide bonds. The lowest BCUT2D eigenvalue weighted by molar-refractivity contribution is -0.0586. The first kappa shape index (κ1) is 11.2. The summed E-state index contributed by atoms with van der Waals surface area (Å²) in [4.78, 5) is 15.6. The Morgan fingerprint density at radius 3 is 3.11 bits per heavy atom. The molecule has 2 N–H and O–H groups in total. The first-order chi connectivity index (χ1) is 8.78. The second kappa shape index (κ2) is 4.40. The minimum atomic E-state index is -0.524. The highest BCUT2D eigenvalue weighted by Gasteiger charge is 2.19. The van der Waals surface area contributed by atoms with E-state index in [0.717, 1.165) is 30.6 Å². The summed E-state index contributed by atoms with van der Waals surface area (Å²) in [5.74, 6) is -0.524. The van der Waals surface area contributed by atoms with Gasteiger partial charge >= 0.3 is 0 Å². The maximum Gasteiger partial charge on any atom is 0.274 e. The number of carbonyl (C=O) groups is 1. The van der Waals surface area contributed by atoms with Gasteiger partial charge in [0.1, 0.15) is 0 Å². The quantitative estimate of drug-likeness (QED) is 0.625. The molecule has 1 saturated heterocycles. The molecule has 18 heavy (non-hydrogen) atoms. The number of nitrogens with one attached hydrogen (secondary N) is 1. The molecule has 1 aliphatic rings. The van der Waals surface area contributed by atoms with Crippen LogP contribution in [0.5, 0.6) is 0 Å². The van der Waals surface area contributed by atoms with Crippen molar-refractivity contribution >= 4 is 16.9 Å². The van der Waals surface area contributed by atoms with E-state index in [-0.39, 0.29) is 6.10 Å². The lowest BCUT2D eigenvalue weighted by Gasteiger charge is -2.26. The molecule has 6 nitrogen and oxygen atoms in total. The van der Waals surface area contributed by atoms with Crippen molar-refractivity contribution in [3.8, 4) is 0 Å². The zero-order chi connectivity index (χ0) is 12.5. The Hall–Kier alpha value is -1.92. The molecule has 1 aromatic heterocycles. The van der Waals surface area contributed by atoms with E-state index in [9.17, 15) is 4.79 Å². The molecule has 2 aromatic rings. The first-order valence-electron chi connectivity index (χ1n) is 5.79. The maximum absolute atomic E-state index is 11.4. The number of imidazole rings is 1. The summed E-state index contributed by atoms with van der Waals surface area (Å²) in [5.41, 5.74) is 3.72. The van der Waals surface area contributed by atoms with Crippen LogP contribution < -0.4 is 5.48 Å². The summed E-state index contributed by atoms with van der Waals surface area (Å²) in [6.45, 7) is 1.55.